The topological polar surface area (TPSA) is 49.1 Å². The number of nitrogens with zero attached hydrogens (tertiary/aromatic N) is 4. The lowest BCUT2D eigenvalue weighted by atomic mass is 10.2. The van der Waals surface area contributed by atoms with E-state index in [1.807, 2.05) is 0 Å². The van der Waals surface area contributed by atoms with Gasteiger partial charge in [-0.3, -0.25) is 0 Å². The van der Waals surface area contributed by atoms with Gasteiger partial charge in [0.25, 0.3) is 0 Å². The molecule has 224 valence electrons. The summed E-state index contributed by atoms with van der Waals surface area (Å²) < 4.78 is 0. The summed E-state index contributed by atoms with van der Waals surface area (Å²) in [5.41, 5.74) is 9.99. The van der Waals surface area contributed by atoms with Crippen LogP contribution in [0.15, 0.2) is 164 Å². The number of hydrogen-bond acceptors (Lipinski definition) is 7. The molecule has 3 N–H and O–H groups in total. The predicted molar refractivity (Wildman–Crippen MR) is 189 cm³/mol. The van der Waals surface area contributed by atoms with Gasteiger partial charge in [-0.15, -0.1) is 0 Å². The van der Waals surface area contributed by atoms with Crippen LogP contribution in [0, 0.1) is 0 Å². The highest BCUT2D eigenvalue weighted by Gasteiger charge is 2.49. The summed E-state index contributed by atoms with van der Waals surface area (Å²) in [6.07, 6.45) is -0.845. The van der Waals surface area contributed by atoms with Gasteiger partial charge in [-0.25, -0.2) is 0 Å². The quantitative estimate of drug-likeness (QED) is 0.177. The van der Waals surface area contributed by atoms with Gasteiger partial charge in [0, 0.05) is 17.1 Å². The summed E-state index contributed by atoms with van der Waals surface area (Å²) in [6, 6.07) is 57.7. The third-order valence-corrected chi connectivity index (χ3v) is 9.03. The van der Waals surface area contributed by atoms with Crippen LogP contribution in [0.3, 0.4) is 0 Å². The fourth-order valence-corrected chi connectivity index (χ4v) is 7.05. The first-order chi connectivity index (χ1) is 22.8. The van der Waals surface area contributed by atoms with Gasteiger partial charge >= 0.3 is 0 Å². The Morgan fingerprint density at radius 3 is 0.891 bits per heavy atom. The van der Waals surface area contributed by atoms with Gasteiger partial charge in [-0.1, -0.05) is 91.0 Å². The van der Waals surface area contributed by atoms with Crippen molar-refractivity contribution in [1.29, 1.82) is 0 Å². The van der Waals surface area contributed by atoms with Gasteiger partial charge in [-0.2, -0.15) is 4.90 Å². The first kappa shape index (κ1) is 26.5. The number of anilines is 9. The number of para-hydroxylation sites is 9. The van der Waals surface area contributed by atoms with Crippen molar-refractivity contribution in [3.63, 3.8) is 0 Å². The molecule has 0 fully saturated rings. The van der Waals surface area contributed by atoms with Crippen LogP contribution >= 0.6 is 0 Å². The molecule has 6 aromatic rings. The van der Waals surface area contributed by atoms with Crippen molar-refractivity contribution in [1.82, 2.24) is 4.90 Å². The first-order valence-electron chi connectivity index (χ1n) is 15.7. The number of hydrogen-bond donors (Lipinski definition) is 3. The molecule has 0 spiro atoms. The molecule has 0 saturated carbocycles. The standard InChI is InChI=1S/C39H33N7/c1-4-16-28(17-5-1)43-34-25-13-10-22-31(34)40-37(43)46(38-41-32-23-11-14-26-35(32)44(38)29-18-6-2-7-19-29)39-42-33-24-12-15-27-36(33)45(39)30-20-8-3-9-21-30/h1-27,37-42H. The van der Waals surface area contributed by atoms with Crippen molar-refractivity contribution in [2.24, 2.45) is 0 Å². The Bertz CT molecular complexity index is 1750. The molecular formula is C39H33N7. The zero-order valence-electron chi connectivity index (χ0n) is 25.1. The molecule has 3 unspecified atom stereocenters. The maximum Gasteiger partial charge on any atom is 0.168 e. The molecule has 0 radical (unpaired) electrons. The molecule has 7 heteroatoms. The molecular weight excluding hydrogens is 566 g/mol. The molecule has 0 amide bonds. The second-order valence-corrected chi connectivity index (χ2v) is 11.7. The van der Waals surface area contributed by atoms with E-state index in [9.17, 15) is 0 Å². The van der Waals surface area contributed by atoms with E-state index < -0.39 is 0 Å². The Balaban J connectivity index is 1.27. The second-order valence-electron chi connectivity index (χ2n) is 11.7. The summed E-state index contributed by atoms with van der Waals surface area (Å²) in [7, 11) is 0. The third-order valence-electron chi connectivity index (χ3n) is 9.03. The summed E-state index contributed by atoms with van der Waals surface area (Å²) in [5, 5.41) is 11.9. The molecule has 7 nitrogen and oxygen atoms in total. The maximum atomic E-state index is 3.95. The van der Waals surface area contributed by atoms with Gasteiger partial charge in [0.2, 0.25) is 0 Å². The summed E-state index contributed by atoms with van der Waals surface area (Å²) in [6.45, 7) is 0. The zero-order valence-corrected chi connectivity index (χ0v) is 25.1. The Kier molecular flexibility index (Phi) is 6.28. The lowest BCUT2D eigenvalue weighted by Gasteiger charge is -2.47. The largest absolute Gasteiger partial charge is 0.351 e. The minimum Gasteiger partial charge on any atom is -0.351 e. The fourth-order valence-electron chi connectivity index (χ4n) is 7.05. The normalized spacial score (nSPS) is 19.2. The highest BCUT2D eigenvalue weighted by atomic mass is 15.7. The zero-order chi connectivity index (χ0) is 30.5. The third kappa shape index (κ3) is 4.24. The minimum atomic E-state index is -0.282. The van der Waals surface area contributed by atoms with Crippen LogP contribution in [-0.2, 0) is 0 Å². The van der Waals surface area contributed by atoms with Gasteiger partial charge in [0.15, 0.2) is 18.9 Å². The average Bonchev–Trinajstić information content (AvgIpc) is 3.81. The van der Waals surface area contributed by atoms with Crippen LogP contribution in [0.1, 0.15) is 0 Å². The van der Waals surface area contributed by atoms with E-state index in [2.05, 4.69) is 199 Å². The van der Waals surface area contributed by atoms with Crippen molar-refractivity contribution >= 4 is 51.2 Å². The molecule has 3 heterocycles. The van der Waals surface area contributed by atoms with Gasteiger partial charge in [0.05, 0.1) is 34.1 Å². The fraction of sp³-hybridized carbons (Fsp3) is 0.0769. The van der Waals surface area contributed by atoms with E-state index in [-0.39, 0.29) is 18.9 Å². The minimum absolute atomic E-state index is 0.282. The van der Waals surface area contributed by atoms with Gasteiger partial charge < -0.3 is 30.7 Å². The Morgan fingerprint density at radius 2 is 0.587 bits per heavy atom. The molecule has 0 aliphatic carbocycles. The second kappa shape index (κ2) is 10.9. The first-order valence-corrected chi connectivity index (χ1v) is 15.7. The summed E-state index contributed by atoms with van der Waals surface area (Å²) >= 11 is 0. The van der Waals surface area contributed by atoms with E-state index in [1.54, 1.807) is 0 Å². The molecule has 0 bridgehead atoms. The van der Waals surface area contributed by atoms with E-state index in [1.165, 1.54) is 0 Å². The molecule has 0 aromatic heterocycles. The van der Waals surface area contributed by atoms with Crippen LogP contribution in [0.4, 0.5) is 51.2 Å². The molecule has 3 aliphatic rings. The Morgan fingerprint density at radius 1 is 0.326 bits per heavy atom. The van der Waals surface area contributed by atoms with Gasteiger partial charge in [0.1, 0.15) is 0 Å². The van der Waals surface area contributed by atoms with E-state index >= 15 is 0 Å². The van der Waals surface area contributed by atoms with Crippen LogP contribution in [0.2, 0.25) is 0 Å². The molecule has 46 heavy (non-hydrogen) atoms. The van der Waals surface area contributed by atoms with Gasteiger partial charge in [-0.05, 0) is 72.8 Å². The number of fused-ring (bicyclic) bond motifs is 3. The van der Waals surface area contributed by atoms with Crippen molar-refractivity contribution in [2.45, 2.75) is 18.9 Å². The lowest BCUT2D eigenvalue weighted by Crippen LogP contribution is -2.66. The summed E-state index contributed by atoms with van der Waals surface area (Å²) in [5.74, 6) is 0. The molecule has 0 saturated heterocycles. The SMILES string of the molecule is c1ccc(N2c3ccccc3NC2N(C2Nc3ccccc3N2c2ccccc2)C2Nc3ccccc3N2c2ccccc2)cc1. The Hall–Kier alpha value is -5.92. The molecule has 9 rings (SSSR count). The predicted octanol–water partition coefficient (Wildman–Crippen LogP) is 8.93. The van der Waals surface area contributed by atoms with Crippen molar-refractivity contribution in [3.05, 3.63) is 164 Å². The van der Waals surface area contributed by atoms with Crippen LogP contribution in [0.25, 0.3) is 0 Å². The molecule has 3 aliphatic heterocycles. The average molecular weight is 600 g/mol. The van der Waals surface area contributed by atoms with Crippen molar-refractivity contribution < 1.29 is 0 Å². The van der Waals surface area contributed by atoms with E-state index in [4.69, 9.17) is 0 Å². The lowest BCUT2D eigenvalue weighted by molar-refractivity contribution is 0.135. The number of nitrogens with one attached hydrogen (secondary N) is 3. The molecule has 3 atom stereocenters. The van der Waals surface area contributed by atoms with Crippen LogP contribution in [-0.4, -0.2) is 23.8 Å². The van der Waals surface area contributed by atoms with Crippen molar-refractivity contribution in [2.75, 3.05) is 30.7 Å². The smallest absolute Gasteiger partial charge is 0.168 e. The van der Waals surface area contributed by atoms with Crippen LogP contribution < -0.4 is 30.7 Å². The number of benzene rings is 6. The maximum absolute atomic E-state index is 3.95. The highest BCUT2D eigenvalue weighted by Crippen LogP contribution is 2.49. The van der Waals surface area contributed by atoms with E-state index in [0.29, 0.717) is 0 Å². The van der Waals surface area contributed by atoms with E-state index in [0.717, 1.165) is 51.2 Å². The molecule has 6 aromatic carbocycles. The Labute approximate surface area is 268 Å². The highest BCUT2D eigenvalue weighted by molar-refractivity contribution is 5.86. The summed E-state index contributed by atoms with van der Waals surface area (Å²) in [4.78, 5) is 9.76. The van der Waals surface area contributed by atoms with Crippen molar-refractivity contribution in [3.8, 4) is 0 Å². The number of rotatable bonds is 6. The van der Waals surface area contributed by atoms with Crippen LogP contribution in [0.5, 0.6) is 0 Å². The monoisotopic (exact) mass is 599 g/mol.